The Morgan fingerprint density at radius 1 is 0.846 bits per heavy atom. The zero-order chi connectivity index (χ0) is 9.07. The Morgan fingerprint density at radius 3 is 1.23 bits per heavy atom. The minimum Gasteiger partial charge on any atom is -0.412 e. The minimum absolute atomic E-state index is 0. The van der Waals surface area contributed by atoms with Gasteiger partial charge in [-0.2, -0.15) is 8.42 Å². The average Bonchev–Trinajstić information content (AvgIpc) is 1.53. The van der Waals surface area contributed by atoms with Gasteiger partial charge in [-0.1, -0.05) is 0 Å². The molecule has 0 atom stereocenters. The van der Waals surface area contributed by atoms with E-state index in [0.29, 0.717) is 0 Å². The predicted octanol–water partition coefficient (Wildman–Crippen LogP) is -0.568. The van der Waals surface area contributed by atoms with Crippen LogP contribution in [-0.4, -0.2) is 31.6 Å². The fraction of sp³-hybridized carbons (Fsp3) is 1.00. The van der Waals surface area contributed by atoms with Crippen molar-refractivity contribution in [3.05, 3.63) is 0 Å². The molecule has 0 radical (unpaired) electrons. The van der Waals surface area contributed by atoms with Gasteiger partial charge in [0, 0.05) is 0 Å². The topological polar surface area (TPSA) is 116 Å². The lowest BCUT2D eigenvalue weighted by molar-refractivity contribution is 0.153. The van der Waals surface area contributed by atoms with Gasteiger partial charge in [0.15, 0.2) is 0 Å². The van der Waals surface area contributed by atoms with Gasteiger partial charge in [0.2, 0.25) is 0 Å². The van der Waals surface area contributed by atoms with Gasteiger partial charge in [-0.3, -0.25) is 0 Å². The lowest BCUT2D eigenvalue weighted by Gasteiger charge is -2.09. The summed E-state index contributed by atoms with van der Waals surface area (Å²) < 4.78 is 30.6. The molecule has 7 heteroatoms. The van der Waals surface area contributed by atoms with E-state index < -0.39 is 10.4 Å². The van der Waals surface area contributed by atoms with Crippen LogP contribution in [0.3, 0.4) is 0 Å². The average molecular weight is 218 g/mol. The van der Waals surface area contributed by atoms with Gasteiger partial charge >= 0.3 is 10.4 Å². The molecule has 0 aliphatic carbocycles. The maximum Gasteiger partial charge on any atom is 0.400 e. The molecular weight excluding hydrogens is 200 g/mol. The third-order valence-corrected chi connectivity index (χ3v) is 1.86. The maximum atomic E-state index is 10.8. The molecule has 0 aromatic carbocycles. The van der Waals surface area contributed by atoms with Crippen molar-refractivity contribution in [1.82, 2.24) is 0 Å². The number of rotatable bonds is 4. The summed E-state index contributed by atoms with van der Waals surface area (Å²) in [5, 5.41) is 0. The summed E-state index contributed by atoms with van der Waals surface area (Å²) in [6.45, 7) is 6.50. The molecule has 0 saturated carbocycles. The summed E-state index contributed by atoms with van der Waals surface area (Å²) >= 11 is 0. The highest BCUT2D eigenvalue weighted by Crippen LogP contribution is 2.03. The molecule has 0 unspecified atom stereocenters. The molecule has 0 rings (SSSR count). The molecule has 0 saturated heterocycles. The zero-order valence-electron chi connectivity index (χ0n) is 8.20. The van der Waals surface area contributed by atoms with Crippen molar-refractivity contribution in [2.24, 2.45) is 0 Å². The molecule has 4 N–H and O–H groups in total. The fourth-order valence-corrected chi connectivity index (χ4v) is 1.48. The number of hydrogen-bond donors (Lipinski definition) is 0. The Labute approximate surface area is 78.8 Å². The van der Waals surface area contributed by atoms with Crippen molar-refractivity contribution < 1.29 is 27.7 Å². The lowest BCUT2D eigenvalue weighted by Crippen LogP contribution is -2.18. The van der Waals surface area contributed by atoms with Crippen LogP contribution < -0.4 is 0 Å². The molecule has 0 spiro atoms. The highest BCUT2D eigenvalue weighted by atomic mass is 32.3. The van der Waals surface area contributed by atoms with E-state index in [1.54, 1.807) is 27.7 Å². The Hall–Kier alpha value is -0.210. The molecule has 0 aromatic heterocycles. The van der Waals surface area contributed by atoms with Gasteiger partial charge in [0.05, 0.1) is 12.2 Å². The summed E-state index contributed by atoms with van der Waals surface area (Å²) in [5.74, 6) is 0. The molecule has 0 heterocycles. The Bertz CT molecular complexity index is 179. The van der Waals surface area contributed by atoms with E-state index in [2.05, 4.69) is 8.37 Å². The van der Waals surface area contributed by atoms with Crippen molar-refractivity contribution >= 4 is 10.4 Å². The third kappa shape index (κ3) is 11.8. The first-order chi connectivity index (χ1) is 4.83. The molecular formula is C6H18O6S. The Morgan fingerprint density at radius 2 is 1.08 bits per heavy atom. The van der Waals surface area contributed by atoms with E-state index in [0.717, 1.165) is 0 Å². The van der Waals surface area contributed by atoms with E-state index in [1.807, 2.05) is 0 Å². The normalized spacial score (nSPS) is 10.9. The molecule has 13 heavy (non-hydrogen) atoms. The summed E-state index contributed by atoms with van der Waals surface area (Å²) in [6.07, 6.45) is -0.752. The first-order valence-corrected chi connectivity index (χ1v) is 4.78. The van der Waals surface area contributed by atoms with Crippen LogP contribution >= 0.6 is 0 Å². The Balaban J connectivity index is -0.000000500. The van der Waals surface area contributed by atoms with Crippen LogP contribution in [0.5, 0.6) is 0 Å². The Kier molecular flexibility index (Phi) is 10.3. The van der Waals surface area contributed by atoms with Crippen molar-refractivity contribution in [2.45, 2.75) is 39.9 Å². The van der Waals surface area contributed by atoms with Crippen molar-refractivity contribution in [3.8, 4) is 0 Å². The van der Waals surface area contributed by atoms with Crippen LogP contribution in [0.1, 0.15) is 27.7 Å². The molecule has 0 aliphatic rings. The second kappa shape index (κ2) is 7.22. The van der Waals surface area contributed by atoms with Gasteiger partial charge < -0.3 is 11.0 Å². The highest BCUT2D eigenvalue weighted by molar-refractivity contribution is 7.81. The van der Waals surface area contributed by atoms with Crippen molar-refractivity contribution in [1.29, 1.82) is 0 Å². The van der Waals surface area contributed by atoms with Gasteiger partial charge in [-0.25, -0.2) is 8.37 Å². The maximum absolute atomic E-state index is 10.8. The van der Waals surface area contributed by atoms with Crippen LogP contribution in [0.25, 0.3) is 0 Å². The standard InChI is InChI=1S/C6H14O4S.2H2O/c1-5(2)9-11(7,8)10-6(3)4;;/h5-6H,1-4H3;2*1H2. The van der Waals surface area contributed by atoms with Crippen LogP contribution in [0.4, 0.5) is 0 Å². The first kappa shape index (κ1) is 18.5. The van der Waals surface area contributed by atoms with Gasteiger partial charge in [-0.05, 0) is 27.7 Å². The molecule has 0 aromatic rings. The van der Waals surface area contributed by atoms with Gasteiger partial charge in [0.1, 0.15) is 0 Å². The second-order valence-electron chi connectivity index (χ2n) is 2.70. The van der Waals surface area contributed by atoms with E-state index >= 15 is 0 Å². The van der Waals surface area contributed by atoms with E-state index in [1.165, 1.54) is 0 Å². The van der Waals surface area contributed by atoms with Gasteiger partial charge in [0.25, 0.3) is 0 Å². The zero-order valence-corrected chi connectivity index (χ0v) is 9.01. The van der Waals surface area contributed by atoms with E-state index in [4.69, 9.17) is 0 Å². The first-order valence-electron chi connectivity index (χ1n) is 3.45. The molecule has 84 valence electrons. The van der Waals surface area contributed by atoms with E-state index in [9.17, 15) is 8.42 Å². The SMILES string of the molecule is CC(C)OS(=O)(=O)OC(C)C.O.O. The minimum atomic E-state index is -3.78. The van der Waals surface area contributed by atoms with Crippen molar-refractivity contribution in [3.63, 3.8) is 0 Å². The predicted molar refractivity (Wildman–Crippen MR) is 48.6 cm³/mol. The highest BCUT2D eigenvalue weighted by Gasteiger charge is 2.15. The number of hydrogen-bond acceptors (Lipinski definition) is 4. The smallest absolute Gasteiger partial charge is 0.400 e. The van der Waals surface area contributed by atoms with Crippen LogP contribution in [0.15, 0.2) is 0 Å². The van der Waals surface area contributed by atoms with Crippen molar-refractivity contribution in [2.75, 3.05) is 0 Å². The third-order valence-electron chi connectivity index (χ3n) is 0.621. The largest absolute Gasteiger partial charge is 0.412 e. The van der Waals surface area contributed by atoms with Crippen LogP contribution in [0, 0.1) is 0 Å². The van der Waals surface area contributed by atoms with Crippen LogP contribution in [-0.2, 0) is 18.8 Å². The summed E-state index contributed by atoms with van der Waals surface area (Å²) in [7, 11) is -3.78. The molecule has 6 nitrogen and oxygen atoms in total. The summed E-state index contributed by atoms with van der Waals surface area (Å²) in [4.78, 5) is 0. The lowest BCUT2D eigenvalue weighted by atomic mass is 10.5. The summed E-state index contributed by atoms with van der Waals surface area (Å²) in [5.41, 5.74) is 0. The second-order valence-corrected chi connectivity index (χ2v) is 3.90. The molecule has 0 bridgehead atoms. The molecule has 0 amide bonds. The molecule has 0 fully saturated rings. The van der Waals surface area contributed by atoms with Gasteiger partial charge in [-0.15, -0.1) is 0 Å². The fourth-order valence-electron chi connectivity index (χ4n) is 0.494. The molecule has 0 aliphatic heterocycles. The van der Waals surface area contributed by atoms with E-state index in [-0.39, 0.29) is 23.2 Å². The quantitative estimate of drug-likeness (QED) is 0.628. The van der Waals surface area contributed by atoms with Crippen LogP contribution in [0.2, 0.25) is 0 Å². The monoisotopic (exact) mass is 218 g/mol. The summed E-state index contributed by atoms with van der Waals surface area (Å²) in [6, 6.07) is 0.